The molecular weight excluding hydrogens is 248 g/mol. The predicted octanol–water partition coefficient (Wildman–Crippen LogP) is 1.67. The summed E-state index contributed by atoms with van der Waals surface area (Å²) in [6, 6.07) is 3.37. The summed E-state index contributed by atoms with van der Waals surface area (Å²) in [5, 5.41) is 17.4. The minimum absolute atomic E-state index is 0.0755. The summed E-state index contributed by atoms with van der Waals surface area (Å²) >= 11 is 0. The Kier molecular flexibility index (Phi) is 5.12. The third-order valence-electron chi connectivity index (χ3n) is 2.64. The summed E-state index contributed by atoms with van der Waals surface area (Å²) in [6.45, 7) is 3.99. The monoisotopic (exact) mass is 264 g/mol. The fourth-order valence-corrected chi connectivity index (χ4v) is 1.72. The van der Waals surface area contributed by atoms with E-state index in [1.54, 1.807) is 0 Å². The van der Waals surface area contributed by atoms with Crippen molar-refractivity contribution in [1.82, 2.24) is 4.90 Å². The molecule has 6 nitrogen and oxygen atoms in total. The van der Waals surface area contributed by atoms with Crippen LogP contribution in [0.15, 0.2) is 16.7 Å². The molecule has 0 bridgehead atoms. The number of carbonyl (C=O) groups is 2. The zero-order valence-electron chi connectivity index (χ0n) is 10.9. The maximum absolute atomic E-state index is 12.3. The number of nitriles is 1. The van der Waals surface area contributed by atoms with E-state index in [-0.39, 0.29) is 36.1 Å². The molecule has 102 valence electrons. The van der Waals surface area contributed by atoms with Gasteiger partial charge in [-0.3, -0.25) is 9.59 Å². The number of carboxylic acids is 1. The van der Waals surface area contributed by atoms with Crippen LogP contribution in [0.4, 0.5) is 0 Å². The first-order chi connectivity index (χ1) is 8.97. The molecule has 0 unspecified atom stereocenters. The molecule has 1 rings (SSSR count). The lowest BCUT2D eigenvalue weighted by atomic mass is 10.1. The highest BCUT2D eigenvalue weighted by molar-refractivity contribution is 5.96. The third kappa shape index (κ3) is 3.85. The summed E-state index contributed by atoms with van der Waals surface area (Å²) in [6.07, 6.45) is 1.20. The second-order valence-electron chi connectivity index (χ2n) is 4.33. The number of nitrogens with zero attached hydrogens (tertiary/aromatic N) is 2. The van der Waals surface area contributed by atoms with Gasteiger partial charge in [-0.15, -0.1) is 0 Å². The lowest BCUT2D eigenvalue weighted by Gasteiger charge is -2.25. The van der Waals surface area contributed by atoms with E-state index in [0.29, 0.717) is 6.54 Å². The van der Waals surface area contributed by atoms with E-state index in [9.17, 15) is 9.59 Å². The minimum atomic E-state index is -1.06. The van der Waals surface area contributed by atoms with E-state index in [0.717, 1.165) is 0 Å². The molecule has 0 saturated carbocycles. The highest BCUT2D eigenvalue weighted by atomic mass is 16.4. The quantitative estimate of drug-likeness (QED) is 0.843. The Balaban J connectivity index is 2.94. The van der Waals surface area contributed by atoms with Gasteiger partial charge in [0, 0.05) is 12.6 Å². The van der Waals surface area contributed by atoms with Crippen molar-refractivity contribution in [3.63, 3.8) is 0 Å². The first-order valence-electron chi connectivity index (χ1n) is 5.93. The predicted molar refractivity (Wildman–Crippen MR) is 66.5 cm³/mol. The molecule has 0 saturated heterocycles. The first kappa shape index (κ1) is 14.8. The minimum Gasteiger partial charge on any atom is -0.481 e. The topological polar surface area (TPSA) is 94.5 Å². The van der Waals surface area contributed by atoms with Gasteiger partial charge in [0.15, 0.2) is 0 Å². The Morgan fingerprint density at radius 3 is 2.74 bits per heavy atom. The van der Waals surface area contributed by atoms with Crippen LogP contribution in [0.1, 0.15) is 36.4 Å². The van der Waals surface area contributed by atoms with Gasteiger partial charge in [0.05, 0.1) is 24.3 Å². The number of rotatable bonds is 6. The number of aliphatic carboxylic acids is 1. The largest absolute Gasteiger partial charge is 0.481 e. The van der Waals surface area contributed by atoms with Crippen molar-refractivity contribution in [3.8, 4) is 6.07 Å². The maximum atomic E-state index is 12.3. The summed E-state index contributed by atoms with van der Waals surface area (Å²) in [4.78, 5) is 24.5. The van der Waals surface area contributed by atoms with Crippen molar-refractivity contribution in [2.75, 3.05) is 6.54 Å². The van der Waals surface area contributed by atoms with E-state index < -0.39 is 5.97 Å². The Hall–Kier alpha value is -2.29. The standard InChI is InChI=1S/C13H16N2O4/c1-9(2)15(6-3-5-14)13(18)10-4-7-19-11(10)8-12(16)17/h4,7,9H,3,6,8H2,1-2H3,(H,16,17). The van der Waals surface area contributed by atoms with Crippen LogP contribution in [0.5, 0.6) is 0 Å². The molecule has 1 N–H and O–H groups in total. The van der Waals surface area contributed by atoms with Gasteiger partial charge in [-0.05, 0) is 19.9 Å². The molecule has 0 aliphatic carbocycles. The van der Waals surface area contributed by atoms with E-state index in [4.69, 9.17) is 14.8 Å². The molecule has 0 spiro atoms. The van der Waals surface area contributed by atoms with Crippen molar-refractivity contribution in [3.05, 3.63) is 23.7 Å². The zero-order chi connectivity index (χ0) is 14.4. The number of amides is 1. The second kappa shape index (κ2) is 6.59. The van der Waals surface area contributed by atoms with Crippen molar-refractivity contribution in [2.45, 2.75) is 32.7 Å². The molecule has 0 aliphatic rings. The first-order valence-corrected chi connectivity index (χ1v) is 5.93. The van der Waals surface area contributed by atoms with Crippen LogP contribution in [0.3, 0.4) is 0 Å². The van der Waals surface area contributed by atoms with Crippen LogP contribution in [0.2, 0.25) is 0 Å². The molecular formula is C13H16N2O4. The number of furan rings is 1. The Labute approximate surface area is 111 Å². The van der Waals surface area contributed by atoms with Crippen molar-refractivity contribution in [2.24, 2.45) is 0 Å². The van der Waals surface area contributed by atoms with E-state index in [1.807, 2.05) is 19.9 Å². The number of carbonyl (C=O) groups excluding carboxylic acids is 1. The maximum Gasteiger partial charge on any atom is 0.311 e. The summed E-state index contributed by atoms with van der Waals surface area (Å²) in [5.74, 6) is -1.23. The normalized spacial score (nSPS) is 10.2. The Morgan fingerprint density at radius 2 is 2.21 bits per heavy atom. The van der Waals surface area contributed by atoms with Crippen LogP contribution in [0.25, 0.3) is 0 Å². The van der Waals surface area contributed by atoms with Crippen LogP contribution >= 0.6 is 0 Å². The van der Waals surface area contributed by atoms with Crippen LogP contribution in [-0.4, -0.2) is 34.5 Å². The molecule has 1 heterocycles. The van der Waals surface area contributed by atoms with E-state index >= 15 is 0 Å². The SMILES string of the molecule is CC(C)N(CCC#N)C(=O)c1ccoc1CC(=O)O. The smallest absolute Gasteiger partial charge is 0.311 e. The number of carboxylic acid groups (broad SMARTS) is 1. The van der Waals surface area contributed by atoms with Gasteiger partial charge >= 0.3 is 5.97 Å². The van der Waals surface area contributed by atoms with Crippen molar-refractivity contribution >= 4 is 11.9 Å². The molecule has 0 aliphatic heterocycles. The van der Waals surface area contributed by atoms with Crippen molar-refractivity contribution in [1.29, 1.82) is 5.26 Å². The van der Waals surface area contributed by atoms with Gasteiger partial charge in [-0.2, -0.15) is 5.26 Å². The second-order valence-corrected chi connectivity index (χ2v) is 4.33. The molecule has 0 fully saturated rings. The Bertz CT molecular complexity index is 499. The van der Waals surface area contributed by atoms with Crippen molar-refractivity contribution < 1.29 is 19.1 Å². The highest BCUT2D eigenvalue weighted by Gasteiger charge is 2.23. The molecule has 1 aromatic rings. The fourth-order valence-electron chi connectivity index (χ4n) is 1.72. The summed E-state index contributed by atoms with van der Waals surface area (Å²) < 4.78 is 5.04. The molecule has 0 radical (unpaired) electrons. The van der Waals surface area contributed by atoms with Gasteiger partial charge in [0.2, 0.25) is 0 Å². The van der Waals surface area contributed by atoms with E-state index in [1.165, 1.54) is 17.2 Å². The average Bonchev–Trinajstić information content (AvgIpc) is 2.76. The van der Waals surface area contributed by atoms with Gasteiger partial charge < -0.3 is 14.4 Å². The molecule has 6 heteroatoms. The van der Waals surface area contributed by atoms with Crippen LogP contribution < -0.4 is 0 Å². The number of hydrogen-bond acceptors (Lipinski definition) is 4. The van der Waals surface area contributed by atoms with Gasteiger partial charge in [0.1, 0.15) is 12.2 Å². The third-order valence-corrected chi connectivity index (χ3v) is 2.64. The number of hydrogen-bond donors (Lipinski definition) is 1. The lowest BCUT2D eigenvalue weighted by molar-refractivity contribution is -0.136. The fraction of sp³-hybridized carbons (Fsp3) is 0.462. The Morgan fingerprint density at radius 1 is 1.53 bits per heavy atom. The lowest BCUT2D eigenvalue weighted by Crippen LogP contribution is -2.38. The molecule has 0 atom stereocenters. The molecule has 0 aromatic carbocycles. The van der Waals surface area contributed by atoms with Crippen LogP contribution in [0, 0.1) is 11.3 Å². The van der Waals surface area contributed by atoms with Gasteiger partial charge in [-0.25, -0.2) is 0 Å². The van der Waals surface area contributed by atoms with Gasteiger partial charge in [-0.1, -0.05) is 0 Å². The highest BCUT2D eigenvalue weighted by Crippen LogP contribution is 2.16. The molecule has 1 aromatic heterocycles. The van der Waals surface area contributed by atoms with E-state index in [2.05, 4.69) is 0 Å². The summed E-state index contributed by atoms with van der Waals surface area (Å²) in [7, 11) is 0. The molecule has 1 amide bonds. The molecule has 19 heavy (non-hydrogen) atoms. The van der Waals surface area contributed by atoms with Crippen LogP contribution in [-0.2, 0) is 11.2 Å². The summed E-state index contributed by atoms with van der Waals surface area (Å²) in [5.41, 5.74) is 0.244. The zero-order valence-corrected chi connectivity index (χ0v) is 10.9. The van der Waals surface area contributed by atoms with Gasteiger partial charge in [0.25, 0.3) is 5.91 Å². The average molecular weight is 264 g/mol.